The monoisotopic (exact) mass is 419 g/mol. The molecule has 0 saturated heterocycles. The van der Waals surface area contributed by atoms with Crippen molar-refractivity contribution in [1.82, 2.24) is 0 Å². The minimum atomic E-state index is 0.736. The second-order valence-corrected chi connectivity index (χ2v) is 9.30. The summed E-state index contributed by atoms with van der Waals surface area (Å²) in [6, 6.07) is 16.9. The quantitative estimate of drug-likeness (QED) is 0.273. The SMILES string of the molecule is CCCCCCN1c2ccc(C=O)cc2Sc2cc(/C=C/c3cccs3)ccc21. The molecule has 4 heteroatoms. The lowest BCUT2D eigenvalue weighted by molar-refractivity contribution is 0.112. The summed E-state index contributed by atoms with van der Waals surface area (Å²) in [5.41, 5.74) is 4.42. The molecule has 0 atom stereocenters. The number of unbranched alkanes of at least 4 members (excludes halogenated alkanes) is 3. The van der Waals surface area contributed by atoms with Gasteiger partial charge in [-0.05, 0) is 59.8 Å². The normalized spacial score (nSPS) is 12.8. The number of aldehydes is 1. The fourth-order valence-electron chi connectivity index (χ4n) is 3.60. The Morgan fingerprint density at radius 2 is 1.66 bits per heavy atom. The molecule has 1 aromatic heterocycles. The molecule has 2 aromatic carbocycles. The molecular formula is C25H25NOS2. The molecule has 4 rings (SSSR count). The van der Waals surface area contributed by atoms with Crippen molar-refractivity contribution in [1.29, 1.82) is 0 Å². The molecule has 1 aliphatic rings. The number of carbonyl (C=O) groups is 1. The van der Waals surface area contributed by atoms with Gasteiger partial charge in [-0.15, -0.1) is 11.3 Å². The molecule has 0 saturated carbocycles. The Morgan fingerprint density at radius 1 is 0.897 bits per heavy atom. The van der Waals surface area contributed by atoms with Crippen molar-refractivity contribution in [2.45, 2.75) is 42.4 Å². The first-order valence-corrected chi connectivity index (χ1v) is 11.9. The van der Waals surface area contributed by atoms with Gasteiger partial charge in [0.05, 0.1) is 11.4 Å². The van der Waals surface area contributed by atoms with Gasteiger partial charge in [-0.2, -0.15) is 0 Å². The topological polar surface area (TPSA) is 20.3 Å². The number of carbonyl (C=O) groups excluding carboxylic acids is 1. The number of rotatable bonds is 8. The van der Waals surface area contributed by atoms with Crippen molar-refractivity contribution in [3.63, 3.8) is 0 Å². The van der Waals surface area contributed by atoms with Crippen molar-refractivity contribution < 1.29 is 4.79 Å². The Hall–Kier alpha value is -2.30. The minimum Gasteiger partial charge on any atom is -0.340 e. The van der Waals surface area contributed by atoms with E-state index in [0.717, 1.165) is 23.3 Å². The van der Waals surface area contributed by atoms with Crippen molar-refractivity contribution in [2.24, 2.45) is 0 Å². The Balaban J connectivity index is 1.64. The standard InChI is InChI=1S/C25H25NOS2/c1-2-3-4-5-14-26-22-12-9-19(8-11-21-7-6-15-28-21)16-24(22)29-25-17-20(18-27)10-13-23(25)26/h6-13,15-18H,2-5,14H2,1H3/b11-8+. The molecule has 0 amide bonds. The molecule has 1 aliphatic heterocycles. The van der Waals surface area contributed by atoms with Gasteiger partial charge < -0.3 is 4.90 Å². The van der Waals surface area contributed by atoms with E-state index in [0.29, 0.717) is 0 Å². The first kappa shape index (κ1) is 20.0. The summed E-state index contributed by atoms with van der Waals surface area (Å²) in [6.07, 6.45) is 10.2. The molecule has 0 radical (unpaired) electrons. The number of hydrogen-bond acceptors (Lipinski definition) is 4. The fraction of sp³-hybridized carbons (Fsp3) is 0.240. The third kappa shape index (κ3) is 4.65. The first-order valence-electron chi connectivity index (χ1n) is 10.2. The van der Waals surface area contributed by atoms with Crippen LogP contribution in [0.4, 0.5) is 11.4 Å². The van der Waals surface area contributed by atoms with E-state index < -0.39 is 0 Å². The van der Waals surface area contributed by atoms with Crippen molar-refractivity contribution in [3.05, 3.63) is 69.9 Å². The molecule has 0 N–H and O–H groups in total. The van der Waals surface area contributed by atoms with Crippen LogP contribution in [0.1, 0.15) is 53.4 Å². The van der Waals surface area contributed by atoms with E-state index in [-0.39, 0.29) is 0 Å². The zero-order valence-corrected chi connectivity index (χ0v) is 18.3. The highest BCUT2D eigenvalue weighted by Gasteiger charge is 2.23. The van der Waals surface area contributed by atoms with Crippen LogP contribution >= 0.6 is 23.1 Å². The average Bonchev–Trinajstić information content (AvgIpc) is 3.27. The fourth-order valence-corrected chi connectivity index (χ4v) is 5.41. The van der Waals surface area contributed by atoms with Gasteiger partial charge in [-0.25, -0.2) is 0 Å². The number of fused-ring (bicyclic) bond motifs is 2. The maximum Gasteiger partial charge on any atom is 0.150 e. The van der Waals surface area contributed by atoms with Gasteiger partial charge in [-0.3, -0.25) is 4.79 Å². The Kier molecular flexibility index (Phi) is 6.53. The van der Waals surface area contributed by atoms with Gasteiger partial charge in [-0.1, -0.05) is 56.2 Å². The lowest BCUT2D eigenvalue weighted by Gasteiger charge is -2.33. The Labute approximate surface area is 181 Å². The predicted molar refractivity (Wildman–Crippen MR) is 127 cm³/mol. The molecule has 0 spiro atoms. The largest absolute Gasteiger partial charge is 0.340 e. The second kappa shape index (κ2) is 9.47. The third-order valence-corrected chi connectivity index (χ3v) is 7.06. The van der Waals surface area contributed by atoms with E-state index in [1.807, 2.05) is 12.1 Å². The van der Waals surface area contributed by atoms with Gasteiger partial charge in [0.25, 0.3) is 0 Å². The summed E-state index contributed by atoms with van der Waals surface area (Å²) in [4.78, 5) is 17.4. The highest BCUT2D eigenvalue weighted by Crippen LogP contribution is 2.48. The summed E-state index contributed by atoms with van der Waals surface area (Å²) in [5.74, 6) is 0. The average molecular weight is 420 g/mol. The van der Waals surface area contributed by atoms with Crippen LogP contribution in [-0.2, 0) is 0 Å². The minimum absolute atomic E-state index is 0.736. The first-order chi connectivity index (χ1) is 14.3. The predicted octanol–water partition coefficient (Wildman–Crippen LogP) is 7.91. The van der Waals surface area contributed by atoms with Gasteiger partial charge in [0.15, 0.2) is 0 Å². The molecular weight excluding hydrogens is 394 g/mol. The third-order valence-electron chi connectivity index (χ3n) is 5.12. The number of benzene rings is 2. The molecule has 3 aromatic rings. The van der Waals surface area contributed by atoms with E-state index in [2.05, 4.69) is 65.8 Å². The van der Waals surface area contributed by atoms with Crippen LogP contribution in [0.15, 0.2) is 63.7 Å². The lowest BCUT2D eigenvalue weighted by Crippen LogP contribution is -2.22. The zero-order chi connectivity index (χ0) is 20.1. The van der Waals surface area contributed by atoms with E-state index >= 15 is 0 Å². The van der Waals surface area contributed by atoms with Gasteiger partial charge in [0, 0.05) is 26.8 Å². The van der Waals surface area contributed by atoms with E-state index in [4.69, 9.17) is 0 Å². The number of hydrogen-bond donors (Lipinski definition) is 0. The van der Waals surface area contributed by atoms with Crippen LogP contribution < -0.4 is 4.90 Å². The smallest absolute Gasteiger partial charge is 0.150 e. The summed E-state index contributed by atoms with van der Waals surface area (Å²) in [5, 5.41) is 2.10. The summed E-state index contributed by atoms with van der Waals surface area (Å²) in [7, 11) is 0. The molecule has 0 bridgehead atoms. The van der Waals surface area contributed by atoms with Crippen LogP contribution in [0.25, 0.3) is 12.2 Å². The lowest BCUT2D eigenvalue weighted by atomic mass is 10.1. The molecule has 148 valence electrons. The van der Waals surface area contributed by atoms with Gasteiger partial charge in [0.2, 0.25) is 0 Å². The van der Waals surface area contributed by atoms with Crippen LogP contribution in [-0.4, -0.2) is 12.8 Å². The zero-order valence-electron chi connectivity index (χ0n) is 16.6. The summed E-state index contributed by atoms with van der Waals surface area (Å²) in [6.45, 7) is 3.25. The highest BCUT2D eigenvalue weighted by molar-refractivity contribution is 7.99. The van der Waals surface area contributed by atoms with Crippen LogP contribution in [0.3, 0.4) is 0 Å². The van der Waals surface area contributed by atoms with Crippen molar-refractivity contribution >= 4 is 52.9 Å². The summed E-state index contributed by atoms with van der Waals surface area (Å²) < 4.78 is 0. The maximum absolute atomic E-state index is 11.3. The number of thiophene rings is 1. The number of nitrogens with zero attached hydrogens (tertiary/aromatic N) is 1. The van der Waals surface area contributed by atoms with Crippen LogP contribution in [0.2, 0.25) is 0 Å². The maximum atomic E-state index is 11.3. The Bertz CT molecular complexity index is 1010. The number of anilines is 2. The van der Waals surface area contributed by atoms with E-state index in [1.165, 1.54) is 52.4 Å². The van der Waals surface area contributed by atoms with Crippen LogP contribution in [0.5, 0.6) is 0 Å². The summed E-state index contributed by atoms with van der Waals surface area (Å²) >= 11 is 3.51. The van der Waals surface area contributed by atoms with Crippen molar-refractivity contribution in [2.75, 3.05) is 11.4 Å². The molecule has 2 nitrogen and oxygen atoms in total. The highest BCUT2D eigenvalue weighted by atomic mass is 32.2. The van der Waals surface area contributed by atoms with E-state index in [9.17, 15) is 4.79 Å². The van der Waals surface area contributed by atoms with Crippen molar-refractivity contribution in [3.8, 4) is 0 Å². The van der Waals surface area contributed by atoms with Crippen LogP contribution in [0, 0.1) is 0 Å². The second-order valence-electron chi connectivity index (χ2n) is 7.24. The Morgan fingerprint density at radius 3 is 2.34 bits per heavy atom. The molecule has 0 aliphatic carbocycles. The molecule has 0 unspecified atom stereocenters. The molecule has 29 heavy (non-hydrogen) atoms. The molecule has 2 heterocycles. The van der Waals surface area contributed by atoms with Gasteiger partial charge in [0.1, 0.15) is 6.29 Å². The van der Waals surface area contributed by atoms with Gasteiger partial charge >= 0.3 is 0 Å². The molecule has 0 fully saturated rings. The van der Waals surface area contributed by atoms with E-state index in [1.54, 1.807) is 23.1 Å².